The minimum absolute atomic E-state index is 0.0939. The molecule has 1 amide bonds. The highest BCUT2D eigenvalue weighted by Gasteiger charge is 2.01. The summed E-state index contributed by atoms with van der Waals surface area (Å²) in [5, 5.41) is 2.84. The second kappa shape index (κ2) is 7.41. The number of nitrogens with one attached hydrogen (secondary N) is 1. The zero-order chi connectivity index (χ0) is 11.8. The average molecular weight is 285 g/mol. The van der Waals surface area contributed by atoms with E-state index in [9.17, 15) is 4.79 Å². The molecule has 3 N–H and O–H groups in total. The molecule has 0 atom stereocenters. The Labute approximate surface area is 105 Å². The molecule has 0 spiro atoms. The van der Waals surface area contributed by atoms with E-state index < -0.39 is 0 Å². The van der Waals surface area contributed by atoms with E-state index in [1.807, 2.05) is 24.3 Å². The van der Waals surface area contributed by atoms with Gasteiger partial charge >= 0.3 is 0 Å². The average Bonchev–Trinajstić information content (AvgIpc) is 2.29. The molecule has 16 heavy (non-hydrogen) atoms. The topological polar surface area (TPSA) is 55.1 Å². The lowest BCUT2D eigenvalue weighted by Crippen LogP contribution is -2.26. The third-order valence-corrected chi connectivity index (χ3v) is 2.79. The minimum Gasteiger partial charge on any atom is -0.356 e. The van der Waals surface area contributed by atoms with Crippen LogP contribution >= 0.6 is 15.9 Å². The Morgan fingerprint density at radius 2 is 2.00 bits per heavy atom. The highest BCUT2D eigenvalue weighted by molar-refractivity contribution is 9.10. The van der Waals surface area contributed by atoms with Crippen molar-refractivity contribution in [3.8, 4) is 0 Å². The number of hydrogen-bond acceptors (Lipinski definition) is 2. The normalized spacial score (nSPS) is 10.1. The van der Waals surface area contributed by atoms with Gasteiger partial charge in [-0.1, -0.05) is 28.1 Å². The van der Waals surface area contributed by atoms with Crippen LogP contribution in [0.1, 0.15) is 18.4 Å². The molecular weight excluding hydrogens is 268 g/mol. The third kappa shape index (κ3) is 5.28. The first-order valence-corrected chi connectivity index (χ1v) is 6.23. The molecule has 0 aliphatic heterocycles. The third-order valence-electron chi connectivity index (χ3n) is 2.26. The first kappa shape index (κ1) is 13.2. The van der Waals surface area contributed by atoms with Crippen LogP contribution in [0.15, 0.2) is 28.7 Å². The molecule has 0 aliphatic carbocycles. The van der Waals surface area contributed by atoms with Crippen LogP contribution in [0.4, 0.5) is 0 Å². The van der Waals surface area contributed by atoms with E-state index in [0.29, 0.717) is 19.5 Å². The molecule has 1 rings (SSSR count). The van der Waals surface area contributed by atoms with Gasteiger partial charge in [-0.2, -0.15) is 0 Å². The molecule has 0 radical (unpaired) electrons. The minimum atomic E-state index is 0.0939. The molecule has 0 aliphatic rings. The molecule has 0 saturated carbocycles. The summed E-state index contributed by atoms with van der Waals surface area (Å²) in [4.78, 5) is 11.4. The summed E-state index contributed by atoms with van der Waals surface area (Å²) in [6.07, 6.45) is 2.15. The van der Waals surface area contributed by atoms with Gasteiger partial charge in [0.25, 0.3) is 0 Å². The summed E-state index contributed by atoms with van der Waals surface area (Å²) in [5.41, 5.74) is 6.52. The van der Waals surface area contributed by atoms with E-state index in [4.69, 9.17) is 5.73 Å². The van der Waals surface area contributed by atoms with Gasteiger partial charge in [-0.25, -0.2) is 0 Å². The number of benzene rings is 1. The second-order valence-electron chi connectivity index (χ2n) is 3.62. The van der Waals surface area contributed by atoms with Crippen molar-refractivity contribution in [1.82, 2.24) is 5.32 Å². The first-order valence-electron chi connectivity index (χ1n) is 5.43. The van der Waals surface area contributed by atoms with E-state index >= 15 is 0 Å². The number of carbonyl (C=O) groups excluding carboxylic acids is 1. The van der Waals surface area contributed by atoms with Crippen LogP contribution in [0.3, 0.4) is 0 Å². The Hall–Kier alpha value is -0.870. The summed E-state index contributed by atoms with van der Waals surface area (Å²) in [5.74, 6) is 0.0939. The lowest BCUT2D eigenvalue weighted by Gasteiger charge is -2.04. The maximum Gasteiger partial charge on any atom is 0.220 e. The summed E-state index contributed by atoms with van der Waals surface area (Å²) in [7, 11) is 0. The van der Waals surface area contributed by atoms with Gasteiger partial charge in [-0.15, -0.1) is 0 Å². The van der Waals surface area contributed by atoms with Gasteiger partial charge in [-0.05, 0) is 37.1 Å². The maximum absolute atomic E-state index is 11.4. The largest absolute Gasteiger partial charge is 0.356 e. The Balaban J connectivity index is 2.23. The van der Waals surface area contributed by atoms with Crippen LogP contribution in [-0.2, 0) is 11.2 Å². The zero-order valence-electron chi connectivity index (χ0n) is 9.21. The van der Waals surface area contributed by atoms with Crippen LogP contribution < -0.4 is 11.1 Å². The molecule has 4 heteroatoms. The molecule has 1 aromatic carbocycles. The Morgan fingerprint density at radius 1 is 1.31 bits per heavy atom. The van der Waals surface area contributed by atoms with Crippen LogP contribution in [0.2, 0.25) is 0 Å². The van der Waals surface area contributed by atoms with Gasteiger partial charge in [0.2, 0.25) is 5.91 Å². The van der Waals surface area contributed by atoms with Gasteiger partial charge < -0.3 is 11.1 Å². The van der Waals surface area contributed by atoms with Gasteiger partial charge in [0.15, 0.2) is 0 Å². The molecule has 88 valence electrons. The Morgan fingerprint density at radius 3 is 2.62 bits per heavy atom. The predicted octanol–water partition coefficient (Wildman–Crippen LogP) is 1.85. The van der Waals surface area contributed by atoms with E-state index in [0.717, 1.165) is 17.3 Å². The van der Waals surface area contributed by atoms with Crippen molar-refractivity contribution >= 4 is 21.8 Å². The van der Waals surface area contributed by atoms with Crippen molar-refractivity contribution in [2.75, 3.05) is 13.1 Å². The number of aryl methyl sites for hydroxylation is 1. The fraction of sp³-hybridized carbons (Fsp3) is 0.417. The molecule has 0 heterocycles. The second-order valence-corrected chi connectivity index (χ2v) is 4.53. The summed E-state index contributed by atoms with van der Waals surface area (Å²) in [6, 6.07) is 8.03. The number of carbonyl (C=O) groups is 1. The SMILES string of the molecule is NCCCNC(=O)CCc1ccc(Br)cc1. The lowest BCUT2D eigenvalue weighted by atomic mass is 10.1. The van der Waals surface area contributed by atoms with Crippen LogP contribution in [0.25, 0.3) is 0 Å². The van der Waals surface area contributed by atoms with Crippen LogP contribution in [0, 0.1) is 0 Å². The van der Waals surface area contributed by atoms with E-state index in [1.54, 1.807) is 0 Å². The number of nitrogens with two attached hydrogens (primary N) is 1. The standard InChI is InChI=1S/C12H17BrN2O/c13-11-5-2-10(3-6-11)4-7-12(16)15-9-1-8-14/h2-3,5-6H,1,4,7-9,14H2,(H,15,16). The summed E-state index contributed by atoms with van der Waals surface area (Å²) < 4.78 is 1.06. The zero-order valence-corrected chi connectivity index (χ0v) is 10.8. The summed E-state index contributed by atoms with van der Waals surface area (Å²) in [6.45, 7) is 1.29. The molecule has 0 bridgehead atoms. The van der Waals surface area contributed by atoms with Crippen molar-refractivity contribution in [2.24, 2.45) is 5.73 Å². The van der Waals surface area contributed by atoms with Crippen molar-refractivity contribution in [3.63, 3.8) is 0 Å². The smallest absolute Gasteiger partial charge is 0.220 e. The van der Waals surface area contributed by atoms with Crippen molar-refractivity contribution in [3.05, 3.63) is 34.3 Å². The molecule has 0 aromatic heterocycles. The van der Waals surface area contributed by atoms with Crippen LogP contribution in [-0.4, -0.2) is 19.0 Å². The molecule has 0 fully saturated rings. The molecule has 1 aromatic rings. The number of amides is 1. The van der Waals surface area contributed by atoms with Gasteiger partial charge in [-0.3, -0.25) is 4.79 Å². The Kier molecular flexibility index (Phi) is 6.11. The number of halogens is 1. The lowest BCUT2D eigenvalue weighted by molar-refractivity contribution is -0.121. The first-order chi connectivity index (χ1) is 7.72. The number of hydrogen-bond donors (Lipinski definition) is 2. The monoisotopic (exact) mass is 284 g/mol. The van der Waals surface area contributed by atoms with Crippen LogP contribution in [0.5, 0.6) is 0 Å². The Bertz CT molecular complexity index is 324. The van der Waals surface area contributed by atoms with Gasteiger partial charge in [0.05, 0.1) is 0 Å². The maximum atomic E-state index is 11.4. The highest BCUT2D eigenvalue weighted by atomic mass is 79.9. The fourth-order valence-corrected chi connectivity index (χ4v) is 1.59. The number of rotatable bonds is 6. The van der Waals surface area contributed by atoms with Crippen molar-refractivity contribution in [1.29, 1.82) is 0 Å². The van der Waals surface area contributed by atoms with Gasteiger partial charge in [0, 0.05) is 17.4 Å². The predicted molar refractivity (Wildman–Crippen MR) is 69.1 cm³/mol. The van der Waals surface area contributed by atoms with E-state index in [-0.39, 0.29) is 5.91 Å². The molecular formula is C12H17BrN2O. The molecule has 0 saturated heterocycles. The molecule has 3 nitrogen and oxygen atoms in total. The highest BCUT2D eigenvalue weighted by Crippen LogP contribution is 2.11. The van der Waals surface area contributed by atoms with Gasteiger partial charge in [0.1, 0.15) is 0 Å². The molecule has 0 unspecified atom stereocenters. The quantitative estimate of drug-likeness (QED) is 0.784. The van der Waals surface area contributed by atoms with E-state index in [1.165, 1.54) is 5.56 Å². The fourth-order valence-electron chi connectivity index (χ4n) is 1.33. The summed E-state index contributed by atoms with van der Waals surface area (Å²) >= 11 is 3.38. The van der Waals surface area contributed by atoms with E-state index in [2.05, 4.69) is 21.2 Å². The van der Waals surface area contributed by atoms with Crippen molar-refractivity contribution in [2.45, 2.75) is 19.3 Å². The van der Waals surface area contributed by atoms with Crippen molar-refractivity contribution < 1.29 is 4.79 Å².